The van der Waals surface area contributed by atoms with Gasteiger partial charge in [0.1, 0.15) is 11.6 Å². The number of carbonyl (C=O) groups is 1. The van der Waals surface area contributed by atoms with E-state index in [1.165, 1.54) is 6.07 Å². The van der Waals surface area contributed by atoms with E-state index in [2.05, 4.69) is 76.7 Å². The number of nitrogens with zero attached hydrogens (tertiary/aromatic N) is 3. The van der Waals surface area contributed by atoms with Crippen molar-refractivity contribution in [2.24, 2.45) is 0 Å². The van der Waals surface area contributed by atoms with Crippen LogP contribution < -0.4 is 10.1 Å². The lowest BCUT2D eigenvalue weighted by atomic mass is 9.96. The number of rotatable bonds is 6. The molecule has 2 aliphatic rings. The van der Waals surface area contributed by atoms with E-state index in [0.717, 1.165) is 33.4 Å². The Labute approximate surface area is 251 Å². The van der Waals surface area contributed by atoms with Crippen LogP contribution in [0, 0.1) is 6.92 Å². The van der Waals surface area contributed by atoms with Gasteiger partial charge in [0, 0.05) is 22.9 Å². The molecule has 2 atom stereocenters. The van der Waals surface area contributed by atoms with E-state index >= 15 is 0 Å². The van der Waals surface area contributed by atoms with E-state index in [0.29, 0.717) is 23.4 Å². The maximum absolute atomic E-state index is 13.4. The minimum atomic E-state index is -3.00. The van der Waals surface area contributed by atoms with Crippen LogP contribution in [0.15, 0.2) is 48.7 Å². The molecule has 10 heteroatoms. The zero-order chi connectivity index (χ0) is 31.1. The van der Waals surface area contributed by atoms with Gasteiger partial charge in [-0.2, -0.15) is 8.78 Å². The minimum absolute atomic E-state index is 0.0114. The molecule has 4 heterocycles. The number of pyridine rings is 1. The van der Waals surface area contributed by atoms with Gasteiger partial charge in [0.05, 0.1) is 34.4 Å². The fourth-order valence-electron chi connectivity index (χ4n) is 6.21. The Morgan fingerprint density at radius 3 is 2.49 bits per heavy atom. The van der Waals surface area contributed by atoms with Gasteiger partial charge in [0.2, 0.25) is 0 Å². The zero-order valence-electron chi connectivity index (χ0n) is 25.9. The van der Waals surface area contributed by atoms with Gasteiger partial charge in [-0.25, -0.2) is 4.98 Å². The summed E-state index contributed by atoms with van der Waals surface area (Å²) in [6.45, 7) is 14.4. The summed E-state index contributed by atoms with van der Waals surface area (Å²) < 4.78 is 40.5. The molecule has 0 aliphatic carbocycles. The van der Waals surface area contributed by atoms with Crippen molar-refractivity contribution in [2.75, 3.05) is 0 Å². The fourth-order valence-corrected chi connectivity index (χ4v) is 7.89. The van der Waals surface area contributed by atoms with Crippen molar-refractivity contribution in [1.29, 1.82) is 0 Å². The van der Waals surface area contributed by atoms with Crippen LogP contribution in [0.3, 0.4) is 0 Å². The number of aryl methyl sites for hydroxylation is 1. The topological polar surface area (TPSA) is 78.3 Å². The lowest BCUT2D eigenvalue weighted by molar-refractivity contribution is -0.0507. The van der Waals surface area contributed by atoms with Crippen molar-refractivity contribution >= 4 is 25.3 Å². The van der Waals surface area contributed by atoms with Crippen LogP contribution in [-0.4, -0.2) is 35.4 Å². The summed E-state index contributed by atoms with van der Waals surface area (Å²) >= 11 is 0. The molecule has 0 unspecified atom stereocenters. The predicted octanol–water partition coefficient (Wildman–Crippen LogP) is 8.04. The molecule has 0 saturated carbocycles. The summed E-state index contributed by atoms with van der Waals surface area (Å²) in [4.78, 5) is 22.8. The number of benzene rings is 2. The molecule has 2 aromatic carbocycles. The van der Waals surface area contributed by atoms with E-state index in [4.69, 9.17) is 19.1 Å². The maximum Gasteiger partial charge on any atom is 0.387 e. The predicted molar refractivity (Wildman–Crippen MR) is 165 cm³/mol. The molecule has 0 saturated heterocycles. The van der Waals surface area contributed by atoms with Crippen LogP contribution >= 0.6 is 0 Å². The Hall–Kier alpha value is -3.63. The van der Waals surface area contributed by atoms with Gasteiger partial charge in [-0.05, 0) is 86.8 Å². The quantitative estimate of drug-likeness (QED) is 0.225. The first-order valence-electron chi connectivity index (χ1n) is 14.7. The van der Waals surface area contributed by atoms with Crippen LogP contribution in [0.2, 0.25) is 18.1 Å². The first-order valence-corrected chi connectivity index (χ1v) is 17.6. The van der Waals surface area contributed by atoms with E-state index in [1.807, 2.05) is 18.3 Å². The Bertz CT molecular complexity index is 1760. The van der Waals surface area contributed by atoms with Gasteiger partial charge in [0.25, 0.3) is 5.91 Å². The van der Waals surface area contributed by atoms with Crippen LogP contribution in [0.5, 0.6) is 5.75 Å². The van der Waals surface area contributed by atoms with Crippen LogP contribution in [0.1, 0.15) is 86.1 Å². The summed E-state index contributed by atoms with van der Waals surface area (Å²) in [5.41, 5.74) is 5.78. The van der Waals surface area contributed by atoms with Gasteiger partial charge in [-0.15, -0.1) is 0 Å². The lowest BCUT2D eigenvalue weighted by Gasteiger charge is -2.42. The molecule has 6 rings (SSSR count). The molecule has 4 aromatic rings. The summed E-state index contributed by atoms with van der Waals surface area (Å²) in [6.07, 6.45) is 2.40. The molecule has 2 aromatic heterocycles. The van der Waals surface area contributed by atoms with Crippen molar-refractivity contribution in [3.8, 4) is 16.9 Å². The molecular weight excluding hydrogens is 566 g/mol. The largest absolute Gasteiger partial charge is 0.434 e. The number of imidazole rings is 1. The molecule has 43 heavy (non-hydrogen) atoms. The summed E-state index contributed by atoms with van der Waals surface area (Å²) in [5.74, 6) is 0.401. The Morgan fingerprint density at radius 1 is 1.07 bits per heavy atom. The molecule has 226 valence electrons. The average Bonchev–Trinajstić information content (AvgIpc) is 3.39. The Balaban J connectivity index is 1.41. The van der Waals surface area contributed by atoms with Gasteiger partial charge < -0.3 is 19.0 Å². The molecule has 1 N–H and O–H groups in total. The lowest BCUT2D eigenvalue weighted by Crippen LogP contribution is -2.46. The first-order chi connectivity index (χ1) is 20.1. The third kappa shape index (κ3) is 4.94. The van der Waals surface area contributed by atoms with Crippen LogP contribution in [-0.2, 0) is 10.0 Å². The second-order valence-corrected chi connectivity index (χ2v) is 18.4. The highest BCUT2D eigenvalue weighted by Gasteiger charge is 2.43. The molecule has 2 bridgehead atoms. The van der Waals surface area contributed by atoms with Crippen molar-refractivity contribution in [3.05, 3.63) is 76.9 Å². The molecular formula is C33H38F2N4O3Si. The molecule has 0 fully saturated rings. The zero-order valence-corrected chi connectivity index (χ0v) is 26.9. The number of fused-ring (bicyclic) bond motifs is 9. The average molecular weight is 605 g/mol. The summed E-state index contributed by atoms with van der Waals surface area (Å²) in [5, 5.41) is 3.12. The number of aromatic nitrogens is 3. The maximum atomic E-state index is 13.4. The summed E-state index contributed by atoms with van der Waals surface area (Å²) in [6, 6.07) is 12.1. The van der Waals surface area contributed by atoms with Gasteiger partial charge in [-0.3, -0.25) is 9.78 Å². The van der Waals surface area contributed by atoms with Gasteiger partial charge >= 0.3 is 6.61 Å². The van der Waals surface area contributed by atoms with Gasteiger partial charge in [-0.1, -0.05) is 32.9 Å². The molecule has 1 amide bonds. The standard InChI is InChI=1S/C33H38F2N4O3Si/c1-18-14-27(33(5,6)42-43(7,8)32(2,3)4)36-17-21(18)19-12-13-22-24(15-19)39-25-16-23(29(39)37-22)38-30(40)20-10-9-11-26(28(20)25)41-31(34)35/h9-15,17,23,25,31H,16H2,1-8H3,(H,38,40)/t23-,25-/m1/s1. The Morgan fingerprint density at radius 2 is 1.81 bits per heavy atom. The molecule has 2 aliphatic heterocycles. The molecule has 0 spiro atoms. The number of alkyl halides is 2. The number of carbonyl (C=O) groups excluding carboxylic acids is 1. The number of ether oxygens (including phenoxy) is 1. The van der Waals surface area contributed by atoms with Crippen molar-refractivity contribution in [3.63, 3.8) is 0 Å². The third-order valence-electron chi connectivity index (χ3n) is 9.32. The second kappa shape index (κ2) is 9.95. The monoisotopic (exact) mass is 604 g/mol. The van der Waals surface area contributed by atoms with E-state index in [1.54, 1.807) is 12.1 Å². The van der Waals surface area contributed by atoms with Crippen LogP contribution in [0.25, 0.3) is 22.2 Å². The highest BCUT2D eigenvalue weighted by Crippen LogP contribution is 2.48. The fraction of sp³-hybridized carbons (Fsp3) is 0.424. The Kier molecular flexibility index (Phi) is 6.81. The molecule has 0 radical (unpaired) electrons. The van der Waals surface area contributed by atoms with E-state index < -0.39 is 20.5 Å². The van der Waals surface area contributed by atoms with Crippen LogP contribution in [0.4, 0.5) is 8.78 Å². The second-order valence-electron chi connectivity index (χ2n) is 13.7. The normalized spacial score (nSPS) is 18.4. The molecule has 7 nitrogen and oxygen atoms in total. The third-order valence-corrected chi connectivity index (χ3v) is 14.0. The smallest absolute Gasteiger partial charge is 0.387 e. The van der Waals surface area contributed by atoms with E-state index in [-0.39, 0.29) is 28.8 Å². The number of hydrogen-bond acceptors (Lipinski definition) is 5. The van der Waals surface area contributed by atoms with E-state index in [9.17, 15) is 13.6 Å². The minimum Gasteiger partial charge on any atom is -0.434 e. The number of halogens is 2. The summed E-state index contributed by atoms with van der Waals surface area (Å²) in [7, 11) is -2.03. The number of nitrogens with one attached hydrogen (secondary N) is 1. The van der Waals surface area contributed by atoms with Gasteiger partial charge in [0.15, 0.2) is 8.32 Å². The van der Waals surface area contributed by atoms with Crippen molar-refractivity contribution in [2.45, 2.75) is 90.4 Å². The first kappa shape index (κ1) is 29.4. The van der Waals surface area contributed by atoms with Crippen molar-refractivity contribution < 1.29 is 22.7 Å². The highest BCUT2D eigenvalue weighted by atomic mass is 28.4. The SMILES string of the molecule is Cc1cc(C(C)(C)O[Si](C)(C)C(C)(C)C)ncc1-c1ccc2nc3n(c2c1)[C@@H]1C[C@H]3NC(=O)c2cccc(OC(F)F)c21. The van der Waals surface area contributed by atoms with Crippen molar-refractivity contribution in [1.82, 2.24) is 19.9 Å². The highest BCUT2D eigenvalue weighted by molar-refractivity contribution is 6.74. The number of hydrogen-bond donors (Lipinski definition) is 1. The number of amides is 1.